The minimum absolute atomic E-state index is 0. The van der Waals surface area contributed by atoms with Crippen molar-refractivity contribution in [3.63, 3.8) is 0 Å². The highest BCUT2D eigenvalue weighted by molar-refractivity contribution is 5.85. The Labute approximate surface area is 143 Å². The van der Waals surface area contributed by atoms with Gasteiger partial charge in [0.05, 0.1) is 0 Å². The maximum atomic E-state index is 12.6. The van der Waals surface area contributed by atoms with Crippen molar-refractivity contribution >= 4 is 29.3 Å². The summed E-state index contributed by atoms with van der Waals surface area (Å²) in [6, 6.07) is 8.22. The molecule has 1 aliphatic rings. The van der Waals surface area contributed by atoms with Gasteiger partial charge in [-0.2, -0.15) is 0 Å². The van der Waals surface area contributed by atoms with Gasteiger partial charge in [-0.25, -0.2) is 0 Å². The molecule has 0 aliphatic heterocycles. The van der Waals surface area contributed by atoms with Crippen LogP contribution in [0.2, 0.25) is 0 Å². The van der Waals surface area contributed by atoms with Crippen molar-refractivity contribution in [3.8, 4) is 0 Å². The molecule has 2 unspecified atom stereocenters. The van der Waals surface area contributed by atoms with Crippen molar-refractivity contribution in [2.45, 2.75) is 45.2 Å². The second-order valence-corrected chi connectivity index (χ2v) is 6.32. The van der Waals surface area contributed by atoms with Gasteiger partial charge in [0.1, 0.15) is 11.3 Å². The summed E-state index contributed by atoms with van der Waals surface area (Å²) in [5, 5.41) is 1.11. The lowest BCUT2D eigenvalue weighted by atomic mass is 10.0. The first-order chi connectivity index (χ1) is 10.6. The third-order valence-electron chi connectivity index (χ3n) is 4.70. The van der Waals surface area contributed by atoms with Crippen LogP contribution < -0.4 is 5.73 Å². The summed E-state index contributed by atoms with van der Waals surface area (Å²) in [7, 11) is 1.88. The molecule has 1 aliphatic carbocycles. The zero-order valence-electron chi connectivity index (χ0n) is 13.7. The zero-order chi connectivity index (χ0) is 15.7. The summed E-state index contributed by atoms with van der Waals surface area (Å²) in [4.78, 5) is 14.4. The SMILES string of the molecule is CCc1oc2ccccc2c1CN(C)C(=O)C1CCC(N)C1.Cl. The van der Waals surface area contributed by atoms with Crippen molar-refractivity contribution in [3.05, 3.63) is 35.6 Å². The van der Waals surface area contributed by atoms with E-state index in [1.807, 2.05) is 30.1 Å². The van der Waals surface area contributed by atoms with Crippen molar-refractivity contribution in [1.29, 1.82) is 0 Å². The molecule has 0 saturated heterocycles. The number of aryl methyl sites for hydroxylation is 1. The fourth-order valence-electron chi connectivity index (χ4n) is 3.48. The average molecular weight is 337 g/mol. The van der Waals surface area contributed by atoms with Crippen LogP contribution in [0.15, 0.2) is 28.7 Å². The first-order valence-electron chi connectivity index (χ1n) is 8.10. The molecule has 1 amide bonds. The smallest absolute Gasteiger partial charge is 0.225 e. The molecule has 1 fully saturated rings. The lowest BCUT2D eigenvalue weighted by Gasteiger charge is -2.21. The van der Waals surface area contributed by atoms with E-state index in [0.717, 1.165) is 48.0 Å². The fourth-order valence-corrected chi connectivity index (χ4v) is 3.48. The molecule has 0 radical (unpaired) electrons. The van der Waals surface area contributed by atoms with E-state index >= 15 is 0 Å². The summed E-state index contributed by atoms with van der Waals surface area (Å²) >= 11 is 0. The number of para-hydroxylation sites is 1. The van der Waals surface area contributed by atoms with Gasteiger partial charge >= 0.3 is 0 Å². The summed E-state index contributed by atoms with van der Waals surface area (Å²) in [6.45, 7) is 2.68. The van der Waals surface area contributed by atoms with E-state index in [0.29, 0.717) is 6.54 Å². The van der Waals surface area contributed by atoms with Crippen molar-refractivity contribution in [1.82, 2.24) is 4.90 Å². The largest absolute Gasteiger partial charge is 0.461 e. The first kappa shape index (κ1) is 17.8. The molecule has 23 heavy (non-hydrogen) atoms. The van der Waals surface area contributed by atoms with E-state index in [2.05, 4.69) is 13.0 Å². The Morgan fingerprint density at radius 3 is 2.74 bits per heavy atom. The van der Waals surface area contributed by atoms with E-state index in [4.69, 9.17) is 10.2 Å². The van der Waals surface area contributed by atoms with Gasteiger partial charge in [0, 0.05) is 42.9 Å². The highest BCUT2D eigenvalue weighted by Crippen LogP contribution is 2.29. The number of nitrogens with zero attached hydrogens (tertiary/aromatic N) is 1. The summed E-state index contributed by atoms with van der Waals surface area (Å²) in [5.41, 5.74) is 7.97. The number of nitrogens with two attached hydrogens (primary N) is 1. The molecule has 3 rings (SSSR count). The highest BCUT2D eigenvalue weighted by atomic mass is 35.5. The van der Waals surface area contributed by atoms with Crippen LogP contribution in [0.5, 0.6) is 0 Å². The molecule has 1 aromatic heterocycles. The Balaban J connectivity index is 0.00000192. The number of carbonyl (C=O) groups is 1. The molecule has 1 heterocycles. The monoisotopic (exact) mass is 336 g/mol. The van der Waals surface area contributed by atoms with E-state index in [1.165, 1.54) is 0 Å². The van der Waals surface area contributed by atoms with Crippen molar-refractivity contribution < 1.29 is 9.21 Å². The molecule has 0 bridgehead atoms. The lowest BCUT2D eigenvalue weighted by Crippen LogP contribution is -2.32. The molecule has 126 valence electrons. The highest BCUT2D eigenvalue weighted by Gasteiger charge is 2.30. The quantitative estimate of drug-likeness (QED) is 0.929. The third-order valence-corrected chi connectivity index (χ3v) is 4.70. The number of benzene rings is 1. The van der Waals surface area contributed by atoms with E-state index in [9.17, 15) is 4.79 Å². The maximum absolute atomic E-state index is 12.6. The van der Waals surface area contributed by atoms with Crippen molar-refractivity contribution in [2.24, 2.45) is 11.7 Å². The Hall–Kier alpha value is -1.52. The molecular formula is C18H25ClN2O2. The molecule has 2 N–H and O–H groups in total. The minimum atomic E-state index is 0. The van der Waals surface area contributed by atoms with Crippen LogP contribution in [-0.2, 0) is 17.8 Å². The summed E-state index contributed by atoms with van der Waals surface area (Å²) in [6.07, 6.45) is 3.52. The van der Waals surface area contributed by atoms with Gasteiger partial charge in [0.25, 0.3) is 0 Å². The standard InChI is InChI=1S/C18H24N2O2.ClH/c1-3-16-15(14-6-4-5-7-17(14)22-16)11-20(2)18(21)12-8-9-13(19)10-12;/h4-7,12-13H,3,8-11,19H2,1-2H3;1H. The third kappa shape index (κ3) is 3.54. The number of amides is 1. The minimum Gasteiger partial charge on any atom is -0.461 e. The van der Waals surface area contributed by atoms with Crippen LogP contribution >= 0.6 is 12.4 Å². The first-order valence-corrected chi connectivity index (χ1v) is 8.10. The Morgan fingerprint density at radius 2 is 2.09 bits per heavy atom. The summed E-state index contributed by atoms with van der Waals surface area (Å²) < 4.78 is 5.91. The van der Waals surface area contributed by atoms with Crippen LogP contribution in [0.25, 0.3) is 11.0 Å². The van der Waals surface area contributed by atoms with Crippen LogP contribution in [0.4, 0.5) is 0 Å². The lowest BCUT2D eigenvalue weighted by molar-refractivity contribution is -0.134. The number of fused-ring (bicyclic) bond motifs is 1. The van der Waals surface area contributed by atoms with Crippen LogP contribution in [0.3, 0.4) is 0 Å². The number of furan rings is 1. The number of hydrogen-bond acceptors (Lipinski definition) is 3. The second-order valence-electron chi connectivity index (χ2n) is 6.32. The molecule has 2 aromatic rings. The van der Waals surface area contributed by atoms with Gasteiger partial charge in [0.15, 0.2) is 0 Å². The van der Waals surface area contributed by atoms with Gasteiger partial charge < -0.3 is 15.1 Å². The predicted octanol–water partition coefficient (Wildman–Crippen LogP) is 3.50. The Morgan fingerprint density at radius 1 is 1.35 bits per heavy atom. The molecule has 4 nitrogen and oxygen atoms in total. The molecule has 0 spiro atoms. The predicted molar refractivity (Wildman–Crippen MR) is 94.6 cm³/mol. The van der Waals surface area contributed by atoms with Gasteiger partial charge in [-0.15, -0.1) is 12.4 Å². The van der Waals surface area contributed by atoms with Gasteiger partial charge in [-0.1, -0.05) is 25.1 Å². The maximum Gasteiger partial charge on any atom is 0.225 e. The molecule has 2 atom stereocenters. The molecule has 1 saturated carbocycles. The molecular weight excluding hydrogens is 312 g/mol. The number of carbonyl (C=O) groups excluding carboxylic acids is 1. The molecule has 5 heteroatoms. The Kier molecular flexibility index (Phi) is 5.71. The molecule has 1 aromatic carbocycles. The zero-order valence-corrected chi connectivity index (χ0v) is 14.6. The van der Waals surface area contributed by atoms with Crippen molar-refractivity contribution in [2.75, 3.05) is 7.05 Å². The van der Waals surface area contributed by atoms with E-state index in [1.54, 1.807) is 0 Å². The number of hydrogen-bond donors (Lipinski definition) is 1. The number of halogens is 1. The van der Waals surface area contributed by atoms with E-state index in [-0.39, 0.29) is 30.3 Å². The van der Waals surface area contributed by atoms with Gasteiger partial charge in [-0.05, 0) is 25.3 Å². The second kappa shape index (κ2) is 7.37. The average Bonchev–Trinajstić information content (AvgIpc) is 3.10. The normalized spacial score (nSPS) is 20.5. The fraction of sp³-hybridized carbons (Fsp3) is 0.500. The summed E-state index contributed by atoms with van der Waals surface area (Å²) in [5.74, 6) is 1.27. The van der Waals surface area contributed by atoms with Crippen LogP contribution in [0.1, 0.15) is 37.5 Å². The van der Waals surface area contributed by atoms with Crippen LogP contribution in [-0.4, -0.2) is 23.9 Å². The van der Waals surface area contributed by atoms with Gasteiger partial charge in [0.2, 0.25) is 5.91 Å². The topological polar surface area (TPSA) is 59.5 Å². The van der Waals surface area contributed by atoms with Crippen LogP contribution in [0, 0.1) is 5.92 Å². The Bertz CT molecular complexity index is 683. The van der Waals surface area contributed by atoms with E-state index < -0.39 is 0 Å². The van der Waals surface area contributed by atoms with Gasteiger partial charge in [-0.3, -0.25) is 4.79 Å². The number of rotatable bonds is 4.